The van der Waals surface area contributed by atoms with Crippen LogP contribution in [0.15, 0.2) is 47.1 Å². The van der Waals surface area contributed by atoms with Crippen LogP contribution in [-0.4, -0.2) is 16.8 Å². The lowest BCUT2D eigenvalue weighted by Crippen LogP contribution is -2.45. The van der Waals surface area contributed by atoms with Gasteiger partial charge in [0.25, 0.3) is 0 Å². The topological polar surface area (TPSA) is 71.1 Å². The zero-order valence-electron chi connectivity index (χ0n) is 13.9. The Morgan fingerprint density at radius 1 is 1.17 bits per heavy atom. The first-order chi connectivity index (χ1) is 11.3. The highest BCUT2D eigenvalue weighted by molar-refractivity contribution is 9.10. The maximum atomic E-state index is 12.5. The third-order valence-corrected chi connectivity index (χ3v) is 4.58. The number of rotatable bonds is 5. The number of anilines is 1. The van der Waals surface area contributed by atoms with E-state index in [4.69, 9.17) is 0 Å². The summed E-state index contributed by atoms with van der Waals surface area (Å²) in [4.78, 5) is 29.0. The van der Waals surface area contributed by atoms with Crippen molar-refractivity contribution in [1.82, 2.24) is 10.3 Å². The van der Waals surface area contributed by atoms with E-state index >= 15 is 0 Å². The monoisotopic (exact) mass is 389 g/mol. The minimum atomic E-state index is -1.20. The zero-order valence-corrected chi connectivity index (χ0v) is 15.5. The van der Waals surface area contributed by atoms with Crippen LogP contribution in [0.3, 0.4) is 0 Å². The molecule has 2 N–H and O–H groups in total. The molecule has 0 bridgehead atoms. The Balaban J connectivity index is 2.00. The normalized spacial score (nSPS) is 11.0. The number of pyridine rings is 1. The van der Waals surface area contributed by atoms with Crippen molar-refractivity contribution in [1.29, 1.82) is 0 Å². The summed E-state index contributed by atoms with van der Waals surface area (Å²) in [6, 6.07) is 11.0. The lowest BCUT2D eigenvalue weighted by molar-refractivity contribution is -0.138. The third kappa shape index (κ3) is 4.41. The summed E-state index contributed by atoms with van der Waals surface area (Å²) >= 11 is 3.43. The van der Waals surface area contributed by atoms with Crippen molar-refractivity contribution in [2.75, 3.05) is 5.32 Å². The second-order valence-electron chi connectivity index (χ2n) is 6.05. The van der Waals surface area contributed by atoms with E-state index in [1.807, 2.05) is 37.3 Å². The van der Waals surface area contributed by atoms with Crippen LogP contribution in [0.5, 0.6) is 0 Å². The highest BCUT2D eigenvalue weighted by Gasteiger charge is 2.36. The smallest absolute Gasteiger partial charge is 0.239 e. The van der Waals surface area contributed by atoms with Crippen LogP contribution < -0.4 is 10.6 Å². The summed E-state index contributed by atoms with van der Waals surface area (Å²) in [7, 11) is 0. The molecule has 126 valence electrons. The molecule has 2 aromatic rings. The number of aromatic nitrogens is 1. The molecule has 0 saturated carbocycles. The molecule has 0 aliphatic heterocycles. The van der Waals surface area contributed by atoms with Crippen LogP contribution in [0.4, 0.5) is 5.69 Å². The van der Waals surface area contributed by atoms with E-state index in [0.29, 0.717) is 5.69 Å². The van der Waals surface area contributed by atoms with Gasteiger partial charge < -0.3 is 10.6 Å². The molecule has 6 heteroatoms. The predicted octanol–water partition coefficient (Wildman–Crippen LogP) is 3.43. The van der Waals surface area contributed by atoms with E-state index in [0.717, 1.165) is 15.7 Å². The Bertz CT molecular complexity index is 745. The van der Waals surface area contributed by atoms with Crippen LogP contribution in [-0.2, 0) is 16.1 Å². The summed E-state index contributed by atoms with van der Waals surface area (Å²) < 4.78 is 0.901. The number of aryl methyl sites for hydroxylation is 1. The lowest BCUT2D eigenvalue weighted by atomic mass is 9.91. The van der Waals surface area contributed by atoms with Crippen molar-refractivity contribution in [2.45, 2.75) is 27.3 Å². The maximum Gasteiger partial charge on any atom is 0.239 e. The van der Waals surface area contributed by atoms with Gasteiger partial charge in [0, 0.05) is 16.4 Å². The van der Waals surface area contributed by atoms with Crippen molar-refractivity contribution in [3.63, 3.8) is 0 Å². The zero-order chi connectivity index (χ0) is 17.7. The van der Waals surface area contributed by atoms with E-state index in [1.165, 1.54) is 0 Å². The fourth-order valence-corrected chi connectivity index (χ4v) is 2.33. The van der Waals surface area contributed by atoms with Gasteiger partial charge >= 0.3 is 0 Å². The summed E-state index contributed by atoms with van der Waals surface area (Å²) in [5.41, 5.74) is 1.25. The Hall–Kier alpha value is -2.21. The van der Waals surface area contributed by atoms with Gasteiger partial charge in [0.05, 0.1) is 12.2 Å². The minimum absolute atomic E-state index is 0.284. The number of nitrogens with one attached hydrogen (secondary N) is 2. The Kier molecular flexibility index (Phi) is 5.72. The number of carbonyl (C=O) groups excluding carboxylic acids is 2. The van der Waals surface area contributed by atoms with Gasteiger partial charge in [0.15, 0.2) is 0 Å². The summed E-state index contributed by atoms with van der Waals surface area (Å²) in [6.07, 6.45) is 1.66. The SMILES string of the molecule is Cc1ccc(NC(=O)C(C)(C)C(=O)NCc2ccccn2)cc1Br. The van der Waals surface area contributed by atoms with Gasteiger partial charge in [-0.1, -0.05) is 28.1 Å². The van der Waals surface area contributed by atoms with E-state index < -0.39 is 5.41 Å². The molecule has 1 heterocycles. The molecule has 0 aliphatic carbocycles. The number of benzene rings is 1. The van der Waals surface area contributed by atoms with Crippen LogP contribution in [0, 0.1) is 12.3 Å². The number of amides is 2. The largest absolute Gasteiger partial charge is 0.350 e. The number of carbonyl (C=O) groups is 2. The van der Waals surface area contributed by atoms with Gasteiger partial charge in [-0.3, -0.25) is 14.6 Å². The highest BCUT2D eigenvalue weighted by atomic mass is 79.9. The van der Waals surface area contributed by atoms with Crippen LogP contribution in [0.2, 0.25) is 0 Å². The predicted molar refractivity (Wildman–Crippen MR) is 97.4 cm³/mol. The highest BCUT2D eigenvalue weighted by Crippen LogP contribution is 2.23. The number of hydrogen-bond acceptors (Lipinski definition) is 3. The molecule has 2 rings (SSSR count). The van der Waals surface area contributed by atoms with Crippen molar-refractivity contribution in [2.24, 2.45) is 5.41 Å². The minimum Gasteiger partial charge on any atom is -0.350 e. The Morgan fingerprint density at radius 2 is 1.92 bits per heavy atom. The molecule has 24 heavy (non-hydrogen) atoms. The quantitative estimate of drug-likeness (QED) is 0.769. The third-order valence-electron chi connectivity index (χ3n) is 3.72. The molecule has 0 unspecified atom stereocenters. The van der Waals surface area contributed by atoms with Crippen LogP contribution >= 0.6 is 15.9 Å². The van der Waals surface area contributed by atoms with Crippen molar-refractivity contribution in [3.05, 3.63) is 58.3 Å². The van der Waals surface area contributed by atoms with Crippen LogP contribution in [0.1, 0.15) is 25.1 Å². The van der Waals surface area contributed by atoms with Gasteiger partial charge in [-0.25, -0.2) is 0 Å². The Labute approximate surface area is 150 Å². The van der Waals surface area contributed by atoms with E-state index in [2.05, 4.69) is 31.5 Å². The molecule has 0 radical (unpaired) electrons. The fourth-order valence-electron chi connectivity index (χ4n) is 1.96. The van der Waals surface area contributed by atoms with E-state index in [1.54, 1.807) is 26.1 Å². The average Bonchev–Trinajstić information content (AvgIpc) is 2.56. The molecule has 5 nitrogen and oxygen atoms in total. The number of nitrogens with zero attached hydrogens (tertiary/aromatic N) is 1. The summed E-state index contributed by atoms with van der Waals surface area (Å²) in [5.74, 6) is -0.714. The molecule has 1 aromatic heterocycles. The standard InChI is InChI=1S/C18H20BrN3O2/c1-12-7-8-13(10-15(12)19)22-17(24)18(2,3)16(23)21-11-14-6-4-5-9-20-14/h4-10H,11H2,1-3H3,(H,21,23)(H,22,24). The molecular weight excluding hydrogens is 370 g/mol. The number of hydrogen-bond donors (Lipinski definition) is 2. The first-order valence-corrected chi connectivity index (χ1v) is 8.36. The first-order valence-electron chi connectivity index (χ1n) is 7.56. The van der Waals surface area contributed by atoms with E-state index in [-0.39, 0.29) is 18.4 Å². The maximum absolute atomic E-state index is 12.5. The molecule has 1 aromatic carbocycles. The fraction of sp³-hybridized carbons (Fsp3) is 0.278. The molecule has 2 amide bonds. The molecule has 0 atom stereocenters. The van der Waals surface area contributed by atoms with E-state index in [9.17, 15) is 9.59 Å². The van der Waals surface area contributed by atoms with Gasteiger partial charge in [0.1, 0.15) is 5.41 Å². The lowest BCUT2D eigenvalue weighted by Gasteiger charge is -2.22. The second kappa shape index (κ2) is 7.57. The van der Waals surface area contributed by atoms with Gasteiger partial charge in [0.2, 0.25) is 11.8 Å². The van der Waals surface area contributed by atoms with Crippen molar-refractivity contribution < 1.29 is 9.59 Å². The van der Waals surface area contributed by atoms with Gasteiger partial charge in [-0.15, -0.1) is 0 Å². The molecular formula is C18H20BrN3O2. The van der Waals surface area contributed by atoms with Crippen molar-refractivity contribution in [3.8, 4) is 0 Å². The first kappa shape index (κ1) is 18.1. The summed E-state index contributed by atoms with van der Waals surface area (Å²) in [6.45, 7) is 5.44. The number of halogens is 1. The molecule has 0 aliphatic rings. The van der Waals surface area contributed by atoms with Crippen LogP contribution in [0.25, 0.3) is 0 Å². The molecule has 0 spiro atoms. The van der Waals surface area contributed by atoms with Crippen molar-refractivity contribution >= 4 is 33.4 Å². The summed E-state index contributed by atoms with van der Waals surface area (Å²) in [5, 5.41) is 5.54. The molecule has 0 fully saturated rings. The average molecular weight is 390 g/mol. The Morgan fingerprint density at radius 3 is 2.54 bits per heavy atom. The van der Waals surface area contributed by atoms with Gasteiger partial charge in [-0.2, -0.15) is 0 Å². The van der Waals surface area contributed by atoms with Gasteiger partial charge in [-0.05, 0) is 50.6 Å². The molecule has 0 saturated heterocycles. The second-order valence-corrected chi connectivity index (χ2v) is 6.90.